The van der Waals surface area contributed by atoms with E-state index in [1.165, 1.54) is 14.2 Å². The van der Waals surface area contributed by atoms with Crippen molar-refractivity contribution in [2.24, 2.45) is 0 Å². The van der Waals surface area contributed by atoms with E-state index in [0.29, 0.717) is 0 Å². The highest BCUT2D eigenvalue weighted by molar-refractivity contribution is 7.93. The molecule has 0 atom stereocenters. The Kier molecular flexibility index (Phi) is 3.83. The Hall–Kier alpha value is -0.0700. The molecule has 0 N–H and O–H groups in total. The summed E-state index contributed by atoms with van der Waals surface area (Å²) in [5, 5.41) is 1.09. The van der Waals surface area contributed by atoms with E-state index in [1.54, 1.807) is 0 Å². The van der Waals surface area contributed by atoms with Gasteiger partial charge in [0, 0.05) is 7.05 Å². The number of hydrogen-bond donors (Lipinski definition) is 2. The van der Waals surface area contributed by atoms with Crippen molar-refractivity contribution in [2.45, 2.75) is 0 Å². The van der Waals surface area contributed by atoms with Crippen LogP contribution in [0.2, 0.25) is 0 Å². The van der Waals surface area contributed by atoms with Crippen molar-refractivity contribution in [1.82, 2.24) is 8.83 Å². The summed E-state index contributed by atoms with van der Waals surface area (Å²) in [7, 11) is 2.76. The van der Waals surface area contributed by atoms with Gasteiger partial charge < -0.3 is 4.74 Å². The highest BCUT2D eigenvalue weighted by Crippen LogP contribution is 2.02. The number of hydrazine groups is 1. The molecular weight excluding hydrogens is 160 g/mol. The number of thiol groups is 2. The quantitative estimate of drug-likeness (QED) is 0.444. The van der Waals surface area contributed by atoms with E-state index in [2.05, 4.69) is 30.4 Å². The van der Waals surface area contributed by atoms with E-state index < -0.39 is 6.09 Å². The molecule has 0 saturated carbocycles. The van der Waals surface area contributed by atoms with Gasteiger partial charge in [-0.05, 0) is 0 Å². The molecule has 0 fully saturated rings. The molecule has 0 saturated heterocycles. The minimum atomic E-state index is -0.514. The van der Waals surface area contributed by atoms with Crippen LogP contribution < -0.4 is 0 Å². The molecule has 0 rings (SSSR count). The maximum absolute atomic E-state index is 10.5. The van der Waals surface area contributed by atoms with Crippen molar-refractivity contribution < 1.29 is 9.53 Å². The molecule has 0 spiro atoms. The summed E-state index contributed by atoms with van der Waals surface area (Å²) in [4.78, 5) is 10.5. The van der Waals surface area contributed by atoms with Gasteiger partial charge in [-0.2, -0.15) is 0 Å². The Bertz CT molecular complexity index is 108. The molecule has 0 heterocycles. The summed E-state index contributed by atoms with van der Waals surface area (Å²) in [6.07, 6.45) is -0.514. The van der Waals surface area contributed by atoms with E-state index in [-0.39, 0.29) is 0 Å². The van der Waals surface area contributed by atoms with Crippen molar-refractivity contribution in [3.05, 3.63) is 0 Å². The fourth-order valence-corrected chi connectivity index (χ4v) is 0.351. The fraction of sp³-hybridized carbons (Fsp3) is 0.667. The molecule has 0 aromatic heterocycles. The molecule has 1 amide bonds. The predicted octanol–water partition coefficient (Wildman–Crippen LogP) is 0.591. The minimum absolute atomic E-state index is 0.514. The van der Waals surface area contributed by atoms with Crippen LogP contribution in [-0.2, 0) is 4.74 Å². The molecule has 9 heavy (non-hydrogen) atoms. The first-order valence-electron chi connectivity index (χ1n) is 2.09. The molecular formula is C3H8N2O2S2. The predicted molar refractivity (Wildman–Crippen MR) is 40.0 cm³/mol. The fourth-order valence-electron chi connectivity index (χ4n) is 0.205. The molecule has 0 aliphatic heterocycles. The number of carbonyl (C=O) groups is 1. The molecule has 0 aliphatic rings. The maximum Gasteiger partial charge on any atom is 0.425 e. The smallest absolute Gasteiger partial charge is 0.425 e. The van der Waals surface area contributed by atoms with Crippen LogP contribution in [0.25, 0.3) is 0 Å². The number of nitrogens with zero attached hydrogens (tertiary/aromatic N) is 2. The second-order valence-electron chi connectivity index (χ2n) is 1.26. The van der Waals surface area contributed by atoms with Crippen LogP contribution in [0.4, 0.5) is 4.79 Å². The number of amides is 1. The van der Waals surface area contributed by atoms with Crippen LogP contribution in [0.1, 0.15) is 0 Å². The van der Waals surface area contributed by atoms with Gasteiger partial charge >= 0.3 is 6.09 Å². The first-order valence-corrected chi connectivity index (χ1v) is 2.89. The van der Waals surface area contributed by atoms with Crippen LogP contribution in [0.3, 0.4) is 0 Å². The van der Waals surface area contributed by atoms with Gasteiger partial charge in [-0.1, -0.05) is 25.6 Å². The summed E-state index contributed by atoms with van der Waals surface area (Å²) in [5.74, 6) is 0. The van der Waals surface area contributed by atoms with Crippen molar-refractivity contribution in [1.29, 1.82) is 0 Å². The van der Waals surface area contributed by atoms with Crippen molar-refractivity contribution in [3.8, 4) is 0 Å². The monoisotopic (exact) mass is 168 g/mol. The average molecular weight is 168 g/mol. The second-order valence-corrected chi connectivity index (χ2v) is 2.34. The van der Waals surface area contributed by atoms with E-state index in [9.17, 15) is 4.79 Å². The minimum Gasteiger partial charge on any atom is -0.452 e. The van der Waals surface area contributed by atoms with Crippen LogP contribution in [0, 0.1) is 0 Å². The zero-order chi connectivity index (χ0) is 7.44. The number of rotatable bonds is 1. The van der Waals surface area contributed by atoms with E-state index in [1.807, 2.05) is 0 Å². The van der Waals surface area contributed by atoms with E-state index in [4.69, 9.17) is 0 Å². The Morgan fingerprint density at radius 3 is 2.11 bits per heavy atom. The van der Waals surface area contributed by atoms with E-state index >= 15 is 0 Å². The number of hydrogen-bond acceptors (Lipinski definition) is 5. The summed E-state index contributed by atoms with van der Waals surface area (Å²) in [6.45, 7) is 0. The molecule has 54 valence electrons. The Labute approximate surface area is 64.8 Å². The molecule has 0 radical (unpaired) electrons. The summed E-state index contributed by atoms with van der Waals surface area (Å²) in [6, 6.07) is 0. The molecule has 0 aromatic rings. The van der Waals surface area contributed by atoms with Gasteiger partial charge in [-0.25, -0.2) is 9.80 Å². The van der Waals surface area contributed by atoms with Crippen molar-refractivity contribution in [3.63, 3.8) is 0 Å². The van der Waals surface area contributed by atoms with Gasteiger partial charge in [0.2, 0.25) is 0 Å². The average Bonchev–Trinajstić information content (AvgIpc) is 1.84. The van der Waals surface area contributed by atoms with Crippen LogP contribution in [-0.4, -0.2) is 29.1 Å². The van der Waals surface area contributed by atoms with Crippen LogP contribution in [0.15, 0.2) is 0 Å². The van der Waals surface area contributed by atoms with Gasteiger partial charge in [0.1, 0.15) is 0 Å². The summed E-state index contributed by atoms with van der Waals surface area (Å²) in [5.41, 5.74) is 0. The third-order valence-electron chi connectivity index (χ3n) is 0.707. The maximum atomic E-state index is 10.5. The standard InChI is InChI=1S/C3H8N2O2S2/c1-4(5(8)9)3(6)7-2/h8-9H,1-2H3. The van der Waals surface area contributed by atoms with Crippen molar-refractivity contribution in [2.75, 3.05) is 14.2 Å². The highest BCUT2D eigenvalue weighted by Gasteiger charge is 2.09. The van der Waals surface area contributed by atoms with Crippen molar-refractivity contribution >= 4 is 31.7 Å². The lowest BCUT2D eigenvalue weighted by Crippen LogP contribution is -2.32. The summed E-state index contributed by atoms with van der Waals surface area (Å²) >= 11 is 7.42. The van der Waals surface area contributed by atoms with Gasteiger partial charge in [0.15, 0.2) is 0 Å². The van der Waals surface area contributed by atoms with Crippen LogP contribution in [0.5, 0.6) is 0 Å². The van der Waals surface area contributed by atoms with Gasteiger partial charge in [0.25, 0.3) is 0 Å². The van der Waals surface area contributed by atoms with Gasteiger partial charge in [-0.3, -0.25) is 0 Å². The zero-order valence-electron chi connectivity index (χ0n) is 5.11. The lowest BCUT2D eigenvalue weighted by Gasteiger charge is -2.18. The molecule has 0 unspecified atom stereocenters. The lowest BCUT2D eigenvalue weighted by atomic mass is 11.0. The topological polar surface area (TPSA) is 32.8 Å². The third kappa shape index (κ3) is 2.83. The second kappa shape index (κ2) is 3.86. The molecule has 0 aromatic carbocycles. The number of carbonyl (C=O) groups excluding carboxylic acids is 1. The highest BCUT2D eigenvalue weighted by atomic mass is 32.2. The largest absolute Gasteiger partial charge is 0.452 e. The normalized spacial score (nSPS) is 9.44. The molecule has 4 nitrogen and oxygen atoms in total. The number of methoxy groups -OCH3 is 1. The summed E-state index contributed by atoms with van der Waals surface area (Å²) < 4.78 is 5.34. The SMILES string of the molecule is COC(=O)N(C)N(S)S. The van der Waals surface area contributed by atoms with Gasteiger partial charge in [0.05, 0.1) is 7.11 Å². The third-order valence-corrected chi connectivity index (χ3v) is 1.24. The first-order chi connectivity index (χ1) is 4.09. The Morgan fingerprint density at radius 1 is 1.56 bits per heavy atom. The first kappa shape index (κ1) is 8.93. The van der Waals surface area contributed by atoms with Gasteiger partial charge in [-0.15, -0.1) is 3.82 Å². The van der Waals surface area contributed by atoms with Crippen LogP contribution >= 0.6 is 25.6 Å². The Balaban J connectivity index is 3.72. The van der Waals surface area contributed by atoms with E-state index in [0.717, 1.165) is 8.83 Å². The lowest BCUT2D eigenvalue weighted by molar-refractivity contribution is 0.106. The number of ether oxygens (including phenoxy) is 1. The zero-order valence-corrected chi connectivity index (χ0v) is 6.89. The molecule has 0 bridgehead atoms. The Morgan fingerprint density at radius 2 is 2.00 bits per heavy atom. The molecule has 0 aliphatic carbocycles. The molecule has 6 heteroatoms.